The number of nitrogens with one attached hydrogen (secondary N) is 1. The Morgan fingerprint density at radius 3 is 2.66 bits per heavy atom. The van der Waals surface area contributed by atoms with Crippen LogP contribution in [0.15, 0.2) is 67.3 Å². The van der Waals surface area contributed by atoms with Crippen molar-refractivity contribution in [3.05, 3.63) is 72.8 Å². The molecule has 29 heavy (non-hydrogen) atoms. The second kappa shape index (κ2) is 7.48. The Morgan fingerprint density at radius 1 is 1.00 bits per heavy atom. The zero-order valence-corrected chi connectivity index (χ0v) is 15.8. The molecule has 0 aliphatic carbocycles. The first-order valence-corrected chi connectivity index (χ1v) is 9.64. The number of fused-ring (bicyclic) bond motifs is 1. The summed E-state index contributed by atoms with van der Waals surface area (Å²) in [6, 6.07) is 13.8. The standard InChI is InChI=1S/C23H20N4O2/c28-23(27-8-10-29-11-9-27)18-3-1-2-17(12-18)19-13-20-21(15-26-22(20)25-14-19)16-4-6-24-7-5-16/h1-7,12-15H,8-11H2,(H,25,26). The van der Waals surface area contributed by atoms with E-state index in [1.165, 1.54) is 0 Å². The first-order valence-electron chi connectivity index (χ1n) is 9.64. The third kappa shape index (κ3) is 3.39. The molecule has 144 valence electrons. The average molecular weight is 384 g/mol. The van der Waals surface area contributed by atoms with Crippen molar-refractivity contribution in [2.45, 2.75) is 0 Å². The van der Waals surface area contributed by atoms with Crippen molar-refractivity contribution in [1.29, 1.82) is 0 Å². The van der Waals surface area contributed by atoms with Crippen molar-refractivity contribution < 1.29 is 9.53 Å². The summed E-state index contributed by atoms with van der Waals surface area (Å²) in [6.45, 7) is 2.46. The average Bonchev–Trinajstić information content (AvgIpc) is 3.23. The van der Waals surface area contributed by atoms with Gasteiger partial charge in [0.05, 0.1) is 13.2 Å². The minimum absolute atomic E-state index is 0.0447. The first kappa shape index (κ1) is 17.6. The van der Waals surface area contributed by atoms with E-state index in [9.17, 15) is 4.79 Å². The van der Waals surface area contributed by atoms with E-state index in [1.807, 2.05) is 53.7 Å². The number of carbonyl (C=O) groups is 1. The molecule has 1 aromatic carbocycles. The number of rotatable bonds is 3. The fourth-order valence-electron chi connectivity index (χ4n) is 3.71. The van der Waals surface area contributed by atoms with Crippen LogP contribution in [-0.2, 0) is 4.74 Å². The molecule has 1 fully saturated rings. The van der Waals surface area contributed by atoms with Gasteiger partial charge in [0.25, 0.3) is 5.91 Å². The van der Waals surface area contributed by atoms with Crippen molar-refractivity contribution in [3.8, 4) is 22.3 Å². The largest absolute Gasteiger partial charge is 0.378 e. The molecule has 0 saturated carbocycles. The number of aromatic amines is 1. The Balaban J connectivity index is 1.52. The number of nitrogens with zero attached hydrogens (tertiary/aromatic N) is 3. The zero-order chi connectivity index (χ0) is 19.6. The molecular weight excluding hydrogens is 364 g/mol. The molecule has 4 heterocycles. The van der Waals surface area contributed by atoms with Gasteiger partial charge in [0, 0.05) is 60.0 Å². The predicted octanol–water partition coefficient (Wildman–Crippen LogP) is 3.76. The maximum Gasteiger partial charge on any atom is 0.254 e. The SMILES string of the molecule is O=C(c1cccc(-c2cnc3[nH]cc(-c4ccncc4)c3c2)c1)N1CCOCC1. The number of ether oxygens (including phenoxy) is 1. The third-order valence-electron chi connectivity index (χ3n) is 5.26. The number of hydrogen-bond donors (Lipinski definition) is 1. The van der Waals surface area contributed by atoms with E-state index in [1.54, 1.807) is 12.4 Å². The maximum atomic E-state index is 12.8. The number of pyridine rings is 2. The number of amides is 1. The molecule has 1 saturated heterocycles. The van der Waals surface area contributed by atoms with Crippen LogP contribution >= 0.6 is 0 Å². The second-order valence-corrected chi connectivity index (χ2v) is 7.04. The summed E-state index contributed by atoms with van der Waals surface area (Å²) in [6.07, 6.45) is 7.38. The van der Waals surface area contributed by atoms with Gasteiger partial charge in [-0.1, -0.05) is 12.1 Å². The van der Waals surface area contributed by atoms with Gasteiger partial charge in [0.1, 0.15) is 5.65 Å². The van der Waals surface area contributed by atoms with Gasteiger partial charge >= 0.3 is 0 Å². The lowest BCUT2D eigenvalue weighted by Gasteiger charge is -2.27. The van der Waals surface area contributed by atoms with Crippen LogP contribution in [0.5, 0.6) is 0 Å². The van der Waals surface area contributed by atoms with Gasteiger partial charge in [-0.05, 0) is 41.5 Å². The third-order valence-corrected chi connectivity index (χ3v) is 5.26. The van der Waals surface area contributed by atoms with Crippen LogP contribution in [0.3, 0.4) is 0 Å². The lowest BCUT2D eigenvalue weighted by Crippen LogP contribution is -2.40. The highest BCUT2D eigenvalue weighted by atomic mass is 16.5. The van der Waals surface area contributed by atoms with E-state index in [0.717, 1.165) is 33.3 Å². The molecule has 4 aromatic rings. The molecule has 1 aliphatic heterocycles. The number of H-pyrrole nitrogens is 1. The Labute approximate surface area is 168 Å². The molecule has 3 aromatic heterocycles. The number of carbonyl (C=O) groups excluding carboxylic acids is 1. The van der Waals surface area contributed by atoms with Gasteiger partial charge in [0.15, 0.2) is 0 Å². The number of morpholine rings is 1. The molecule has 0 unspecified atom stereocenters. The minimum Gasteiger partial charge on any atom is -0.378 e. The maximum absolute atomic E-state index is 12.8. The first-order chi connectivity index (χ1) is 14.3. The number of hydrogen-bond acceptors (Lipinski definition) is 4. The Morgan fingerprint density at radius 2 is 1.83 bits per heavy atom. The molecule has 5 rings (SSSR count). The molecule has 0 atom stereocenters. The number of aromatic nitrogens is 3. The highest BCUT2D eigenvalue weighted by molar-refractivity contribution is 5.97. The van der Waals surface area contributed by atoms with Crippen molar-refractivity contribution >= 4 is 16.9 Å². The molecular formula is C23H20N4O2. The van der Waals surface area contributed by atoms with Crippen LogP contribution in [0, 0.1) is 0 Å². The van der Waals surface area contributed by atoms with Crippen LogP contribution in [0.4, 0.5) is 0 Å². The van der Waals surface area contributed by atoms with E-state index >= 15 is 0 Å². The summed E-state index contributed by atoms with van der Waals surface area (Å²) in [5.74, 6) is 0.0447. The molecule has 1 N–H and O–H groups in total. The monoisotopic (exact) mass is 384 g/mol. The summed E-state index contributed by atoms with van der Waals surface area (Å²) in [5.41, 5.74) is 5.64. The van der Waals surface area contributed by atoms with Crippen molar-refractivity contribution in [1.82, 2.24) is 19.9 Å². The highest BCUT2D eigenvalue weighted by Crippen LogP contribution is 2.31. The van der Waals surface area contributed by atoms with Gasteiger partial charge in [-0.25, -0.2) is 4.98 Å². The van der Waals surface area contributed by atoms with Gasteiger partial charge < -0.3 is 14.6 Å². The molecule has 6 nitrogen and oxygen atoms in total. The van der Waals surface area contributed by atoms with Crippen LogP contribution in [0.2, 0.25) is 0 Å². The van der Waals surface area contributed by atoms with Crippen molar-refractivity contribution in [2.24, 2.45) is 0 Å². The van der Waals surface area contributed by atoms with Crippen LogP contribution in [0.1, 0.15) is 10.4 Å². The zero-order valence-electron chi connectivity index (χ0n) is 15.8. The van der Waals surface area contributed by atoms with Crippen LogP contribution < -0.4 is 0 Å². The smallest absolute Gasteiger partial charge is 0.254 e. The predicted molar refractivity (Wildman–Crippen MR) is 111 cm³/mol. The van der Waals surface area contributed by atoms with Crippen LogP contribution in [-0.4, -0.2) is 52.1 Å². The normalized spacial score (nSPS) is 14.3. The fourth-order valence-corrected chi connectivity index (χ4v) is 3.71. The Bertz CT molecular complexity index is 1160. The van der Waals surface area contributed by atoms with E-state index in [2.05, 4.69) is 21.0 Å². The minimum atomic E-state index is 0.0447. The number of benzene rings is 1. The van der Waals surface area contributed by atoms with Gasteiger partial charge in [-0.2, -0.15) is 0 Å². The van der Waals surface area contributed by atoms with Crippen molar-refractivity contribution in [3.63, 3.8) is 0 Å². The van der Waals surface area contributed by atoms with Gasteiger partial charge in [-0.15, -0.1) is 0 Å². The second-order valence-electron chi connectivity index (χ2n) is 7.04. The molecule has 1 amide bonds. The molecule has 1 aliphatic rings. The quantitative estimate of drug-likeness (QED) is 0.584. The topological polar surface area (TPSA) is 71.1 Å². The van der Waals surface area contributed by atoms with E-state index < -0.39 is 0 Å². The summed E-state index contributed by atoms with van der Waals surface area (Å²) < 4.78 is 5.35. The van der Waals surface area contributed by atoms with E-state index in [-0.39, 0.29) is 5.91 Å². The lowest BCUT2D eigenvalue weighted by atomic mass is 10.0. The fraction of sp³-hybridized carbons (Fsp3) is 0.174. The summed E-state index contributed by atoms with van der Waals surface area (Å²) in [5, 5.41) is 1.04. The molecule has 0 bridgehead atoms. The lowest BCUT2D eigenvalue weighted by molar-refractivity contribution is 0.0303. The summed E-state index contributed by atoms with van der Waals surface area (Å²) in [4.78, 5) is 26.6. The van der Waals surface area contributed by atoms with E-state index in [4.69, 9.17) is 4.74 Å². The Hall–Kier alpha value is -3.51. The van der Waals surface area contributed by atoms with E-state index in [0.29, 0.717) is 31.9 Å². The summed E-state index contributed by atoms with van der Waals surface area (Å²) >= 11 is 0. The highest BCUT2D eigenvalue weighted by Gasteiger charge is 2.19. The Kier molecular flexibility index (Phi) is 4.54. The molecule has 0 radical (unpaired) electrons. The molecule has 6 heteroatoms. The summed E-state index contributed by atoms with van der Waals surface area (Å²) in [7, 11) is 0. The van der Waals surface area contributed by atoms with Crippen LogP contribution in [0.25, 0.3) is 33.3 Å². The van der Waals surface area contributed by atoms with Gasteiger partial charge in [0.2, 0.25) is 0 Å². The van der Waals surface area contributed by atoms with Crippen molar-refractivity contribution in [2.75, 3.05) is 26.3 Å². The molecule has 0 spiro atoms. The van der Waals surface area contributed by atoms with Gasteiger partial charge in [-0.3, -0.25) is 9.78 Å².